The van der Waals surface area contributed by atoms with Crippen LogP contribution in [0.25, 0.3) is 0 Å². The molecule has 24 atom stereocenters. The number of nitrogens with two attached hydrogens (primary N) is 3. The lowest BCUT2D eigenvalue weighted by Crippen LogP contribution is -2.62. The number of aliphatic hydroxyl groups is 6. The Bertz CT molecular complexity index is 4700. The Morgan fingerprint density at radius 1 is 0.338 bits per heavy atom. The van der Waals surface area contributed by atoms with Crippen LogP contribution in [0.4, 0.5) is 0 Å². The van der Waals surface area contributed by atoms with Crippen LogP contribution in [0.2, 0.25) is 0 Å². The van der Waals surface area contributed by atoms with Crippen LogP contribution >= 0.6 is 25.3 Å². The number of aliphatic carboxylic acids is 2. The number of rotatable bonds is 64. The van der Waals surface area contributed by atoms with Gasteiger partial charge in [-0.1, -0.05) is 27.7 Å². The van der Waals surface area contributed by atoms with Crippen molar-refractivity contribution in [3.05, 3.63) is 0 Å². The van der Waals surface area contributed by atoms with E-state index in [0.29, 0.717) is 6.42 Å². The molecule has 2 fully saturated rings. The summed E-state index contributed by atoms with van der Waals surface area (Å²) in [4.78, 5) is 336. The average Bonchev–Trinajstić information content (AvgIpc) is 1.66. The zero-order chi connectivity index (χ0) is 113. The number of carbonyl (C=O) groups excluding carboxylic acids is 23. The van der Waals surface area contributed by atoms with Crippen molar-refractivity contribution in [1.82, 2.24) is 121 Å². The van der Waals surface area contributed by atoms with Gasteiger partial charge in [0.15, 0.2) is 5.96 Å². The Kier molecular flexibility index (Phi) is 56.9. The molecule has 36 N–H and O–H groups in total. The summed E-state index contributed by atoms with van der Waals surface area (Å²) < 4.78 is 0. The minimum absolute atomic E-state index is 0.00331. The maximum absolute atomic E-state index is 14.7. The molecule has 60 nitrogen and oxygen atoms in total. The van der Waals surface area contributed by atoms with E-state index in [2.05, 4.69) is 137 Å². The van der Waals surface area contributed by atoms with Crippen molar-refractivity contribution in [2.24, 2.45) is 29.0 Å². The number of primary amides is 1. The van der Waals surface area contributed by atoms with Crippen molar-refractivity contribution in [3.8, 4) is 0 Å². The maximum atomic E-state index is 14.7. The fraction of sp³-hybridized carbons (Fsp3) is 0.698. The number of carboxylic acids is 2. The second-order valence-electron chi connectivity index (χ2n) is 36.1. The van der Waals surface area contributed by atoms with E-state index >= 15 is 0 Å². The van der Waals surface area contributed by atoms with E-state index in [1.54, 1.807) is 13.8 Å². The molecule has 2 aliphatic heterocycles. The quantitative estimate of drug-likeness (QED) is 0.0116. The van der Waals surface area contributed by atoms with Crippen LogP contribution in [0.1, 0.15) is 161 Å². The van der Waals surface area contributed by atoms with Gasteiger partial charge in [0.2, 0.25) is 136 Å². The fourth-order valence-electron chi connectivity index (χ4n) is 14.2. The molecule has 0 aromatic rings. The Morgan fingerprint density at radius 3 is 1.05 bits per heavy atom. The topological polar surface area (TPSA) is 950 Å². The standard InChI is InChI=1S/C86H145N27O33S2/c1-35(2)27-49(103-68(129)41(9)95-66(127)39(7)99-81(142)61(88)44(12)118)73(134)96-38(6)65(126)93-37(5)64(125)94-40(8)67(128)100-47(20-22-58(87)120)72(133)108-54(33-147)77(138)105-51(30-115)75(136)98-43(11)70(131)111-63(45(13)119)83(144)101-46(17-14-24-91-86(89)90)71(132)102-48(21-23-59(121)122)84(145)113-26-16-19-57(113)80(141)109-55(34-148)78(139)110-62(36(3)4)82(143)106-52(31-116)76(137)104-50(29-114)74(135)97-42(10)69(130)107-53(32-117)85(146)112-25-15-18-56(112)79(140)92-28-60(123)124/h35-57,61-63,114-119,147-148H,14-34,88H2,1-13H3,(H2,87,120)(H,92,140)(H,93,126)(H,94,125)(H,95,127)(H,96,134)(H,97,135)(H,98,136)(H,99,142)(H,100,128)(H,101,144)(H,102,132)(H,103,129)(H,104,137)(H,105,138)(H,106,143)(H,107,130)(H,108,133)(H,109,141)(H,110,139)(H,111,131)(H,121,122)(H,123,124)(H4,89,90,91)/t37-,38-,39-,40-,41-,42-,43-,44+,45+,46-,47-,48-,49-,50-,51-,52-,53-,54-,55-,56-,57-,61-,62-,63-/m0/s1. The molecule has 0 saturated carbocycles. The molecule has 0 unspecified atom stereocenters. The summed E-state index contributed by atoms with van der Waals surface area (Å²) in [6, 6.07) is -35.0. The Balaban J connectivity index is 2.23. The number of guanidine groups is 1. The van der Waals surface area contributed by atoms with E-state index in [1.807, 2.05) is 0 Å². The van der Waals surface area contributed by atoms with Crippen molar-refractivity contribution in [3.63, 3.8) is 0 Å². The van der Waals surface area contributed by atoms with Crippen molar-refractivity contribution < 1.29 is 161 Å². The smallest absolute Gasteiger partial charge is 0.322 e. The van der Waals surface area contributed by atoms with Gasteiger partial charge < -0.3 is 180 Å². The molecule has 0 aromatic heterocycles. The van der Waals surface area contributed by atoms with Gasteiger partial charge in [-0.3, -0.25) is 125 Å². The van der Waals surface area contributed by atoms with E-state index in [-0.39, 0.29) is 57.7 Å². The van der Waals surface area contributed by atoms with Gasteiger partial charge in [0, 0.05) is 44.0 Å². The molecule has 0 spiro atoms. The van der Waals surface area contributed by atoms with Gasteiger partial charge in [0.25, 0.3) is 0 Å². The summed E-state index contributed by atoms with van der Waals surface area (Å²) in [6.07, 6.45) is -5.68. The van der Waals surface area contributed by atoms with Crippen molar-refractivity contribution in [1.29, 1.82) is 5.41 Å². The van der Waals surface area contributed by atoms with Crippen LogP contribution in [0.5, 0.6) is 0 Å². The highest BCUT2D eigenvalue weighted by Gasteiger charge is 2.45. The third kappa shape index (κ3) is 43.8. The van der Waals surface area contributed by atoms with E-state index in [0.717, 1.165) is 37.5 Å². The second-order valence-corrected chi connectivity index (χ2v) is 36.8. The summed E-state index contributed by atoms with van der Waals surface area (Å²) in [5.74, 6) is -29.8. The zero-order valence-electron chi connectivity index (χ0n) is 84.2. The number of carbonyl (C=O) groups is 25. The molecule has 2 heterocycles. The van der Waals surface area contributed by atoms with Crippen LogP contribution in [0.15, 0.2) is 0 Å². The SMILES string of the molecule is CC(C)C[C@H](NC(=O)[C@H](C)NC(=O)[C@H](C)NC(=O)[C@@H](N)[C@@H](C)O)C(=O)N[C@@H](C)C(=O)N[C@@H](C)C(=O)N[C@@H](C)C(=O)N[C@@H](CCC(N)=O)C(=O)N[C@@H](CS)C(=O)N[C@@H](CO)C(=O)N[C@@H](C)C(=O)N[C@H](C(=O)N[C@@H](CCCNC(=N)N)C(=O)N[C@@H](CCC(=O)O)C(=O)N1CCC[C@H]1C(=O)N[C@@H](CS)C(=O)N[C@H](C(=O)N[C@@H](CO)C(=O)N[C@@H](CO)C(=O)N[C@@H](C)C(=O)N[C@@H](CO)C(=O)N1CCC[C@H]1C(=O)NCC(=O)O)C(C)C)[C@@H](C)O. The third-order valence-electron chi connectivity index (χ3n) is 22.9. The molecule has 834 valence electrons. The van der Waals surface area contributed by atoms with Crippen molar-refractivity contribution in [2.45, 2.75) is 306 Å². The van der Waals surface area contributed by atoms with E-state index in [9.17, 15) is 156 Å². The number of nitrogens with one attached hydrogen (secondary N) is 22. The predicted molar refractivity (Wildman–Crippen MR) is 523 cm³/mol. The lowest BCUT2D eigenvalue weighted by molar-refractivity contribution is -0.144. The number of thiol groups is 2. The summed E-state index contributed by atoms with van der Waals surface area (Å²) in [6.45, 7) is 11.4. The largest absolute Gasteiger partial charge is 0.481 e. The number of carboxylic acid groups (broad SMARTS) is 2. The summed E-state index contributed by atoms with van der Waals surface area (Å²) in [7, 11) is 0. The van der Waals surface area contributed by atoms with Crippen LogP contribution in [0, 0.1) is 17.2 Å². The fourth-order valence-corrected chi connectivity index (χ4v) is 14.7. The summed E-state index contributed by atoms with van der Waals surface area (Å²) >= 11 is 8.33. The molecule has 0 bridgehead atoms. The van der Waals surface area contributed by atoms with Crippen molar-refractivity contribution in [2.75, 3.05) is 64.1 Å². The monoisotopic (exact) mass is 2150 g/mol. The van der Waals surface area contributed by atoms with Gasteiger partial charge >= 0.3 is 11.9 Å². The van der Waals surface area contributed by atoms with Crippen LogP contribution < -0.4 is 129 Å². The second kappa shape index (κ2) is 64.5. The number of aliphatic hydroxyl groups excluding tert-OH is 6. The number of amides is 23. The zero-order valence-corrected chi connectivity index (χ0v) is 86.0. The first-order valence-electron chi connectivity index (χ1n) is 47.4. The third-order valence-corrected chi connectivity index (χ3v) is 23.6. The first kappa shape index (κ1) is 130. The van der Waals surface area contributed by atoms with Gasteiger partial charge in [-0.15, -0.1) is 0 Å². The molecule has 0 aromatic carbocycles. The van der Waals surface area contributed by atoms with Gasteiger partial charge in [-0.25, -0.2) is 0 Å². The van der Waals surface area contributed by atoms with Crippen LogP contribution in [-0.2, 0) is 120 Å². The molecule has 2 aliphatic rings. The van der Waals surface area contributed by atoms with E-state index in [1.165, 1.54) is 48.5 Å². The number of hydrogen-bond acceptors (Lipinski definition) is 35. The Labute approximate surface area is 861 Å². The molecule has 148 heavy (non-hydrogen) atoms. The minimum atomic E-state index is -2.02. The summed E-state index contributed by atoms with van der Waals surface area (Å²) in [5.41, 5.74) is 16.4. The minimum Gasteiger partial charge on any atom is -0.481 e. The molecule has 0 aliphatic carbocycles. The van der Waals surface area contributed by atoms with Crippen molar-refractivity contribution >= 4 is 179 Å². The number of hydrogen-bond donors (Lipinski definition) is 35. The molecular weight excluding hydrogens is 2000 g/mol. The highest BCUT2D eigenvalue weighted by atomic mass is 32.1. The van der Waals surface area contributed by atoms with Gasteiger partial charge in [-0.2, -0.15) is 25.3 Å². The normalized spacial score (nSPS) is 17.7. The van der Waals surface area contributed by atoms with E-state index < -0.39 is 381 Å². The first-order chi connectivity index (χ1) is 69.1. The average molecular weight is 2150 g/mol. The van der Waals surface area contributed by atoms with Crippen LogP contribution in [-0.4, -0.2) is 414 Å². The highest BCUT2D eigenvalue weighted by molar-refractivity contribution is 7.80. The molecule has 0 radical (unpaired) electrons. The number of likely N-dealkylation sites (tertiary alicyclic amines) is 2. The van der Waals surface area contributed by atoms with Gasteiger partial charge in [-0.05, 0) is 132 Å². The first-order valence-corrected chi connectivity index (χ1v) is 48.7. The molecule has 2 rings (SSSR count). The lowest BCUT2D eigenvalue weighted by atomic mass is 10.0. The van der Waals surface area contributed by atoms with E-state index in [4.69, 9.17) is 27.7 Å². The van der Waals surface area contributed by atoms with Gasteiger partial charge in [0.05, 0.1) is 38.6 Å². The molecule has 62 heteroatoms. The Morgan fingerprint density at radius 2 is 0.649 bits per heavy atom. The lowest BCUT2D eigenvalue weighted by Gasteiger charge is -2.31. The maximum Gasteiger partial charge on any atom is 0.322 e. The molecular formula is C86H145N27O33S2. The highest BCUT2D eigenvalue weighted by Crippen LogP contribution is 2.23. The van der Waals surface area contributed by atoms with Gasteiger partial charge in [0.1, 0.15) is 139 Å². The number of nitrogens with zero attached hydrogens (tertiary/aromatic N) is 2. The summed E-state index contributed by atoms with van der Waals surface area (Å²) in [5, 5.41) is 136. The predicted octanol–water partition coefficient (Wildman–Crippen LogP) is -16.5. The molecule has 23 amide bonds. The Hall–Kier alpha value is -13.6. The van der Waals surface area contributed by atoms with Crippen LogP contribution in [0.3, 0.4) is 0 Å². The molecule has 2 saturated heterocycles.